The molecular formula is C27H26N12O3. The maximum atomic E-state index is 12.4. The number of aromatic amines is 1. The van der Waals surface area contributed by atoms with Crippen molar-refractivity contribution in [2.24, 2.45) is 0 Å². The molecule has 0 saturated carbocycles. The normalized spacial score (nSPS) is 13.7. The zero-order valence-electron chi connectivity index (χ0n) is 22.6. The smallest absolute Gasteiger partial charge is 0.326 e. The number of anilines is 2. The Balaban J connectivity index is 1.32. The number of ether oxygens (including phenoxy) is 1. The molecule has 0 radical (unpaired) electrons. The van der Waals surface area contributed by atoms with Crippen LogP contribution < -0.4 is 9.80 Å². The van der Waals surface area contributed by atoms with Crippen LogP contribution in [-0.4, -0.2) is 93.8 Å². The molecule has 0 atom stereocenters. The number of aromatic hydroxyl groups is 1. The molecule has 0 amide bonds. The molecule has 4 aromatic heterocycles. The van der Waals surface area contributed by atoms with Gasteiger partial charge in [0.1, 0.15) is 18.0 Å². The highest BCUT2D eigenvalue weighted by molar-refractivity contribution is 5.94. The topological polar surface area (TPSA) is 169 Å². The molecule has 1 fully saturated rings. The Bertz CT molecular complexity index is 1870. The Labute approximate surface area is 238 Å². The quantitative estimate of drug-likeness (QED) is 0.270. The molecule has 1 saturated heterocycles. The second kappa shape index (κ2) is 10.4. The summed E-state index contributed by atoms with van der Waals surface area (Å²) in [4.78, 5) is 31.2. The lowest BCUT2D eigenvalue weighted by atomic mass is 10.2. The molecule has 0 bridgehead atoms. The van der Waals surface area contributed by atoms with E-state index in [1.165, 1.54) is 0 Å². The average Bonchev–Trinajstić information content (AvgIpc) is 3.77. The van der Waals surface area contributed by atoms with Crippen LogP contribution in [0.25, 0.3) is 39.4 Å². The van der Waals surface area contributed by atoms with Crippen LogP contribution in [0.1, 0.15) is 6.92 Å². The summed E-state index contributed by atoms with van der Waals surface area (Å²) in [5, 5.41) is 29.8. The van der Waals surface area contributed by atoms with E-state index in [2.05, 4.69) is 35.4 Å². The molecule has 0 spiro atoms. The minimum atomic E-state index is -0.384. The number of hydrogen-bond donors (Lipinski definition) is 2. The van der Waals surface area contributed by atoms with Crippen molar-refractivity contribution < 1.29 is 14.6 Å². The summed E-state index contributed by atoms with van der Waals surface area (Å²) < 4.78 is 8.56. The van der Waals surface area contributed by atoms with Crippen LogP contribution >= 0.6 is 0 Å². The number of benzene rings is 2. The molecule has 1 aliphatic rings. The molecular weight excluding hydrogens is 540 g/mol. The summed E-state index contributed by atoms with van der Waals surface area (Å²) in [5.41, 5.74) is 3.33. The Kier molecular flexibility index (Phi) is 6.30. The van der Waals surface area contributed by atoms with Crippen molar-refractivity contribution in [2.45, 2.75) is 13.5 Å². The predicted octanol–water partition coefficient (Wildman–Crippen LogP) is 1.94. The molecule has 7 rings (SSSR count). The number of H-pyrrole nitrogens is 1. The molecule has 2 aromatic carbocycles. The fourth-order valence-electron chi connectivity index (χ4n) is 5.15. The maximum Gasteiger partial charge on any atom is 0.326 e. The Hall–Kier alpha value is -5.60. The summed E-state index contributed by atoms with van der Waals surface area (Å²) >= 11 is 0. The number of nitrogens with one attached hydrogen (secondary N) is 1. The first-order valence-corrected chi connectivity index (χ1v) is 13.5. The van der Waals surface area contributed by atoms with E-state index in [0.717, 1.165) is 29.7 Å². The van der Waals surface area contributed by atoms with Gasteiger partial charge in [-0.3, -0.25) is 4.79 Å². The lowest BCUT2D eigenvalue weighted by Crippen LogP contribution is -2.47. The van der Waals surface area contributed by atoms with E-state index in [4.69, 9.17) is 19.8 Å². The van der Waals surface area contributed by atoms with E-state index < -0.39 is 0 Å². The van der Waals surface area contributed by atoms with Crippen LogP contribution in [0.2, 0.25) is 0 Å². The van der Waals surface area contributed by atoms with Gasteiger partial charge in [-0.25, -0.2) is 9.67 Å². The minimum Gasteiger partial charge on any atom is -0.508 e. The van der Waals surface area contributed by atoms with Gasteiger partial charge in [0.05, 0.1) is 18.5 Å². The largest absolute Gasteiger partial charge is 0.508 e. The molecule has 15 heteroatoms. The van der Waals surface area contributed by atoms with Crippen LogP contribution in [0.3, 0.4) is 0 Å². The number of hydrogen-bond acceptors (Lipinski definition) is 12. The van der Waals surface area contributed by atoms with Crippen molar-refractivity contribution in [3.8, 4) is 23.1 Å². The van der Waals surface area contributed by atoms with E-state index >= 15 is 0 Å². The molecule has 2 N–H and O–H groups in total. The fourth-order valence-corrected chi connectivity index (χ4v) is 5.15. The van der Waals surface area contributed by atoms with Gasteiger partial charge in [-0.05, 0) is 42.5 Å². The summed E-state index contributed by atoms with van der Waals surface area (Å²) in [6.45, 7) is 4.79. The summed E-state index contributed by atoms with van der Waals surface area (Å²) in [5.74, 6) is 1.16. The van der Waals surface area contributed by atoms with Gasteiger partial charge in [0.15, 0.2) is 17.0 Å². The lowest BCUT2D eigenvalue weighted by molar-refractivity contribution is -0.143. The number of tetrazole rings is 1. The average molecular weight is 567 g/mol. The number of aromatic nitrogens is 10. The Morgan fingerprint density at radius 1 is 1.02 bits per heavy atom. The van der Waals surface area contributed by atoms with Crippen molar-refractivity contribution in [3.63, 3.8) is 0 Å². The summed E-state index contributed by atoms with van der Waals surface area (Å²) in [6.07, 6.45) is 1.57. The first kappa shape index (κ1) is 25.4. The second-order valence-corrected chi connectivity index (χ2v) is 9.70. The third-order valence-electron chi connectivity index (χ3n) is 7.16. The van der Waals surface area contributed by atoms with Gasteiger partial charge in [-0.1, -0.05) is 18.2 Å². The fraction of sp³-hybridized carbons (Fsp3) is 0.259. The highest BCUT2D eigenvalue weighted by atomic mass is 16.5. The number of nitrogens with zero attached hydrogens (tertiary/aromatic N) is 11. The van der Waals surface area contributed by atoms with Gasteiger partial charge >= 0.3 is 5.97 Å². The number of imidazole rings is 1. The van der Waals surface area contributed by atoms with E-state index in [1.807, 2.05) is 36.4 Å². The van der Waals surface area contributed by atoms with Crippen LogP contribution in [0.5, 0.6) is 5.75 Å². The number of carbonyl (C=O) groups excluding carboxylic acids is 1. The van der Waals surface area contributed by atoms with Gasteiger partial charge in [0.25, 0.3) is 0 Å². The lowest BCUT2D eigenvalue weighted by Gasteiger charge is -2.36. The number of rotatable bonds is 7. The number of carbonyl (C=O) groups is 1. The first-order valence-electron chi connectivity index (χ1n) is 13.5. The highest BCUT2D eigenvalue weighted by Crippen LogP contribution is 2.30. The number of piperazine rings is 1. The first-order chi connectivity index (χ1) is 20.6. The zero-order chi connectivity index (χ0) is 28.6. The predicted molar refractivity (Wildman–Crippen MR) is 152 cm³/mol. The maximum absolute atomic E-state index is 12.4. The van der Waals surface area contributed by atoms with Gasteiger partial charge in [-0.2, -0.15) is 20.3 Å². The molecule has 42 heavy (non-hydrogen) atoms. The van der Waals surface area contributed by atoms with E-state index in [0.29, 0.717) is 47.5 Å². The van der Waals surface area contributed by atoms with E-state index in [-0.39, 0.29) is 24.9 Å². The van der Waals surface area contributed by atoms with Gasteiger partial charge in [0, 0.05) is 37.3 Å². The highest BCUT2D eigenvalue weighted by Gasteiger charge is 2.25. The van der Waals surface area contributed by atoms with Crippen LogP contribution in [0.15, 0.2) is 54.9 Å². The number of phenolic OH excluding ortho intramolecular Hbond substituents is 1. The van der Waals surface area contributed by atoms with Crippen molar-refractivity contribution in [1.82, 2.24) is 49.9 Å². The molecule has 1 aliphatic heterocycles. The van der Waals surface area contributed by atoms with Gasteiger partial charge in [0.2, 0.25) is 11.8 Å². The number of esters is 1. The SMILES string of the molecule is CCOC(=O)Cn1cnc2c(-n3nc(-c4nn[nH]n4)c4ccccc43)nc(N3CCN(c4ccc(O)cc4)CC3)nc21. The third kappa shape index (κ3) is 4.49. The van der Waals surface area contributed by atoms with Crippen molar-refractivity contribution in [3.05, 3.63) is 54.9 Å². The summed E-state index contributed by atoms with van der Waals surface area (Å²) in [7, 11) is 0. The second-order valence-electron chi connectivity index (χ2n) is 9.70. The van der Waals surface area contributed by atoms with Crippen molar-refractivity contribution in [1.29, 1.82) is 0 Å². The standard InChI is InChI=1S/C27H26N12O3/c1-2-42-21(41)15-38-16-28-23-25(38)29-27(37-13-11-36(12-14-37)17-7-9-18(40)10-8-17)30-26(23)39-20-6-4-3-5-19(20)22(33-39)24-31-34-35-32-24/h3-10,16,40H,2,11-15H2,1H3,(H,31,32,34,35). The third-order valence-corrected chi connectivity index (χ3v) is 7.16. The molecule has 212 valence electrons. The molecule has 5 heterocycles. The molecule has 0 unspecified atom stereocenters. The van der Waals surface area contributed by atoms with Crippen LogP contribution in [-0.2, 0) is 16.1 Å². The number of phenols is 1. The molecule has 0 aliphatic carbocycles. The Morgan fingerprint density at radius 3 is 2.57 bits per heavy atom. The van der Waals surface area contributed by atoms with Crippen molar-refractivity contribution in [2.75, 3.05) is 42.6 Å². The van der Waals surface area contributed by atoms with Gasteiger partial charge < -0.3 is 24.2 Å². The van der Waals surface area contributed by atoms with Crippen molar-refractivity contribution >= 4 is 39.7 Å². The Morgan fingerprint density at radius 2 is 1.81 bits per heavy atom. The number of para-hydroxylation sites is 1. The van der Waals surface area contributed by atoms with E-state index in [9.17, 15) is 9.90 Å². The molecule has 15 nitrogen and oxygen atoms in total. The zero-order valence-corrected chi connectivity index (χ0v) is 22.6. The summed E-state index contributed by atoms with van der Waals surface area (Å²) in [6, 6.07) is 14.9. The molecule has 6 aromatic rings. The monoisotopic (exact) mass is 566 g/mol. The number of fused-ring (bicyclic) bond motifs is 2. The minimum absolute atomic E-state index is 0.0389. The van der Waals surface area contributed by atoms with Crippen LogP contribution in [0, 0.1) is 0 Å². The van der Waals surface area contributed by atoms with Crippen LogP contribution in [0.4, 0.5) is 11.6 Å². The van der Waals surface area contributed by atoms with E-state index in [1.54, 1.807) is 34.6 Å². The van der Waals surface area contributed by atoms with Gasteiger partial charge in [-0.15, -0.1) is 10.2 Å².